The summed E-state index contributed by atoms with van der Waals surface area (Å²) in [5.74, 6) is 0.913. The zero-order valence-electron chi connectivity index (χ0n) is 11.6. The minimum Gasteiger partial charge on any atom is -0.352 e. The highest BCUT2D eigenvalue weighted by atomic mass is 16.2. The molecule has 1 saturated heterocycles. The minimum atomic E-state index is 0.205. The normalized spacial score (nSPS) is 24.7. The van der Waals surface area contributed by atoms with Crippen LogP contribution < -0.4 is 10.6 Å². The van der Waals surface area contributed by atoms with Crippen LogP contribution in [0.25, 0.3) is 0 Å². The highest BCUT2D eigenvalue weighted by molar-refractivity contribution is 5.78. The van der Waals surface area contributed by atoms with Crippen LogP contribution in [0.1, 0.15) is 39.0 Å². The molecule has 1 saturated carbocycles. The first-order valence-corrected chi connectivity index (χ1v) is 7.48. The lowest BCUT2D eigenvalue weighted by Gasteiger charge is -2.23. The third-order valence-electron chi connectivity index (χ3n) is 4.30. The Hall–Kier alpha value is -0.610. The molecular formula is C14H27N3O. The molecule has 0 bridgehead atoms. The lowest BCUT2D eigenvalue weighted by atomic mass is 10.00. The summed E-state index contributed by atoms with van der Waals surface area (Å²) < 4.78 is 0. The Balaban J connectivity index is 1.70. The molecule has 1 atom stereocenters. The van der Waals surface area contributed by atoms with E-state index in [0.29, 0.717) is 18.5 Å². The van der Waals surface area contributed by atoms with Crippen LogP contribution in [0, 0.1) is 5.92 Å². The number of amides is 1. The number of rotatable bonds is 4. The van der Waals surface area contributed by atoms with E-state index in [2.05, 4.69) is 22.5 Å². The van der Waals surface area contributed by atoms with Gasteiger partial charge in [-0.05, 0) is 45.2 Å². The molecule has 1 aliphatic carbocycles. The molecule has 0 spiro atoms. The Kier molecular flexibility index (Phi) is 5.45. The van der Waals surface area contributed by atoms with E-state index < -0.39 is 0 Å². The summed E-state index contributed by atoms with van der Waals surface area (Å²) >= 11 is 0. The van der Waals surface area contributed by atoms with Gasteiger partial charge in [0.25, 0.3) is 0 Å². The van der Waals surface area contributed by atoms with Gasteiger partial charge in [0.1, 0.15) is 0 Å². The SMILES string of the molecule is C[C@@H](NC(=O)CN1CCCNCC1)C1CCCC1. The number of nitrogens with one attached hydrogen (secondary N) is 2. The Morgan fingerprint density at radius 2 is 2.06 bits per heavy atom. The summed E-state index contributed by atoms with van der Waals surface area (Å²) in [5, 5.41) is 6.55. The molecule has 4 heteroatoms. The molecule has 0 radical (unpaired) electrons. The second-order valence-electron chi connectivity index (χ2n) is 5.78. The number of nitrogens with zero attached hydrogens (tertiary/aromatic N) is 1. The molecule has 0 unspecified atom stereocenters. The zero-order valence-corrected chi connectivity index (χ0v) is 11.6. The maximum absolute atomic E-state index is 12.0. The molecule has 0 aromatic carbocycles. The Morgan fingerprint density at radius 1 is 1.28 bits per heavy atom. The van der Waals surface area contributed by atoms with Gasteiger partial charge in [-0.25, -0.2) is 0 Å². The van der Waals surface area contributed by atoms with Crippen molar-refractivity contribution >= 4 is 5.91 Å². The van der Waals surface area contributed by atoms with Crippen LogP contribution in [0.3, 0.4) is 0 Å². The number of carbonyl (C=O) groups is 1. The maximum atomic E-state index is 12.0. The predicted molar refractivity (Wildman–Crippen MR) is 73.5 cm³/mol. The van der Waals surface area contributed by atoms with Gasteiger partial charge in [0.2, 0.25) is 5.91 Å². The van der Waals surface area contributed by atoms with E-state index in [9.17, 15) is 4.79 Å². The van der Waals surface area contributed by atoms with Crippen molar-refractivity contribution in [3.63, 3.8) is 0 Å². The fraction of sp³-hybridized carbons (Fsp3) is 0.929. The quantitative estimate of drug-likeness (QED) is 0.785. The lowest BCUT2D eigenvalue weighted by molar-refractivity contribution is -0.123. The van der Waals surface area contributed by atoms with E-state index in [-0.39, 0.29) is 5.91 Å². The molecule has 2 rings (SSSR count). The highest BCUT2D eigenvalue weighted by Gasteiger charge is 2.23. The predicted octanol–water partition coefficient (Wildman–Crippen LogP) is 0.977. The van der Waals surface area contributed by atoms with E-state index in [4.69, 9.17) is 0 Å². The van der Waals surface area contributed by atoms with Crippen LogP contribution in [-0.4, -0.2) is 49.6 Å². The molecule has 18 heavy (non-hydrogen) atoms. The van der Waals surface area contributed by atoms with Crippen LogP contribution in [0.4, 0.5) is 0 Å². The van der Waals surface area contributed by atoms with E-state index in [1.807, 2.05) is 0 Å². The zero-order chi connectivity index (χ0) is 12.8. The van der Waals surface area contributed by atoms with Crippen LogP contribution in [-0.2, 0) is 4.79 Å². The molecule has 104 valence electrons. The monoisotopic (exact) mass is 253 g/mol. The molecule has 2 fully saturated rings. The van der Waals surface area contributed by atoms with Gasteiger partial charge in [-0.1, -0.05) is 12.8 Å². The van der Waals surface area contributed by atoms with Crippen molar-refractivity contribution in [3.05, 3.63) is 0 Å². The van der Waals surface area contributed by atoms with Gasteiger partial charge in [0.05, 0.1) is 6.54 Å². The molecule has 1 amide bonds. The maximum Gasteiger partial charge on any atom is 0.234 e. The van der Waals surface area contributed by atoms with E-state index in [0.717, 1.165) is 32.6 Å². The summed E-state index contributed by atoms with van der Waals surface area (Å²) in [6, 6.07) is 0.352. The lowest BCUT2D eigenvalue weighted by Crippen LogP contribution is -2.44. The Morgan fingerprint density at radius 3 is 2.83 bits per heavy atom. The molecule has 4 nitrogen and oxygen atoms in total. The van der Waals surface area contributed by atoms with Gasteiger partial charge in [0.15, 0.2) is 0 Å². The Bertz CT molecular complexity index is 250. The van der Waals surface area contributed by atoms with E-state index in [1.165, 1.54) is 25.7 Å². The highest BCUT2D eigenvalue weighted by Crippen LogP contribution is 2.27. The summed E-state index contributed by atoms with van der Waals surface area (Å²) in [5.41, 5.74) is 0. The minimum absolute atomic E-state index is 0.205. The van der Waals surface area contributed by atoms with Crippen molar-refractivity contribution < 1.29 is 4.79 Å². The third-order valence-corrected chi connectivity index (χ3v) is 4.30. The first-order chi connectivity index (χ1) is 8.75. The van der Waals surface area contributed by atoms with Crippen LogP contribution in [0.15, 0.2) is 0 Å². The van der Waals surface area contributed by atoms with Gasteiger partial charge in [-0.15, -0.1) is 0 Å². The molecule has 1 aliphatic heterocycles. The second kappa shape index (κ2) is 7.10. The smallest absolute Gasteiger partial charge is 0.234 e. The van der Waals surface area contributed by atoms with Crippen LogP contribution in [0.2, 0.25) is 0 Å². The average Bonchev–Trinajstić information content (AvgIpc) is 2.76. The van der Waals surface area contributed by atoms with E-state index >= 15 is 0 Å². The van der Waals surface area contributed by atoms with Gasteiger partial charge >= 0.3 is 0 Å². The molecule has 1 heterocycles. The second-order valence-corrected chi connectivity index (χ2v) is 5.78. The standard InChI is InChI=1S/C14H27N3O/c1-12(13-5-2-3-6-13)16-14(18)11-17-9-4-7-15-8-10-17/h12-13,15H,2-11H2,1H3,(H,16,18)/t12-/m1/s1. The molecule has 0 aromatic heterocycles. The molecular weight excluding hydrogens is 226 g/mol. The van der Waals surface area contributed by atoms with Gasteiger partial charge in [-0.2, -0.15) is 0 Å². The van der Waals surface area contributed by atoms with Crippen molar-refractivity contribution in [1.29, 1.82) is 0 Å². The van der Waals surface area contributed by atoms with E-state index in [1.54, 1.807) is 0 Å². The van der Waals surface area contributed by atoms with Crippen LogP contribution in [0.5, 0.6) is 0 Å². The van der Waals surface area contributed by atoms with Crippen molar-refractivity contribution in [1.82, 2.24) is 15.5 Å². The summed E-state index contributed by atoms with van der Waals surface area (Å²) in [4.78, 5) is 14.3. The number of carbonyl (C=O) groups excluding carboxylic acids is 1. The topological polar surface area (TPSA) is 44.4 Å². The number of hydrogen-bond acceptors (Lipinski definition) is 3. The largest absolute Gasteiger partial charge is 0.352 e. The number of hydrogen-bond donors (Lipinski definition) is 2. The average molecular weight is 253 g/mol. The van der Waals surface area contributed by atoms with Gasteiger partial charge < -0.3 is 10.6 Å². The van der Waals surface area contributed by atoms with Gasteiger partial charge in [-0.3, -0.25) is 9.69 Å². The van der Waals surface area contributed by atoms with Gasteiger partial charge in [0, 0.05) is 19.1 Å². The summed E-state index contributed by atoms with van der Waals surface area (Å²) in [7, 11) is 0. The summed E-state index contributed by atoms with van der Waals surface area (Å²) in [6.07, 6.45) is 6.39. The molecule has 0 aromatic rings. The van der Waals surface area contributed by atoms with Crippen molar-refractivity contribution in [2.45, 2.75) is 45.1 Å². The molecule has 2 aliphatic rings. The third kappa shape index (κ3) is 4.25. The summed E-state index contributed by atoms with van der Waals surface area (Å²) in [6.45, 7) is 6.85. The van der Waals surface area contributed by atoms with Crippen molar-refractivity contribution in [2.24, 2.45) is 5.92 Å². The van der Waals surface area contributed by atoms with Crippen molar-refractivity contribution in [2.75, 3.05) is 32.7 Å². The molecule has 2 N–H and O–H groups in total. The fourth-order valence-electron chi connectivity index (χ4n) is 3.14. The van der Waals surface area contributed by atoms with Crippen molar-refractivity contribution in [3.8, 4) is 0 Å². The first kappa shape index (κ1) is 13.8. The fourth-order valence-corrected chi connectivity index (χ4v) is 3.14. The van der Waals surface area contributed by atoms with Crippen LogP contribution >= 0.6 is 0 Å². The Labute approximate surface area is 110 Å². The first-order valence-electron chi connectivity index (χ1n) is 7.48.